The summed E-state index contributed by atoms with van der Waals surface area (Å²) >= 11 is 0. The van der Waals surface area contributed by atoms with Gasteiger partial charge in [0.15, 0.2) is 0 Å². The normalized spacial score (nSPS) is 17.3. The number of benzene rings is 2. The van der Waals surface area contributed by atoms with E-state index in [0.717, 1.165) is 37.3 Å². The molecule has 2 aromatic carbocycles. The average molecular weight is 241 g/mol. The Morgan fingerprint density at radius 2 is 1.56 bits per heavy atom. The summed E-state index contributed by atoms with van der Waals surface area (Å²) in [6.45, 7) is 4.42. The van der Waals surface area contributed by atoms with Crippen molar-refractivity contribution in [2.24, 2.45) is 0 Å². The molecule has 0 atom stereocenters. The van der Waals surface area contributed by atoms with Crippen LogP contribution in [0.5, 0.6) is 0 Å². The molecule has 1 aliphatic heterocycles. The quantitative estimate of drug-likeness (QED) is 0.777. The van der Waals surface area contributed by atoms with Crippen molar-refractivity contribution < 1.29 is 0 Å². The standard InChI is InChI=1S/C15H19N3/c1-17-8-10-18(11-9-17)15-7-3-4-12-13(15)5-2-6-14(12)16/h2-7H,8-11,16H2,1H3. The predicted molar refractivity (Wildman–Crippen MR) is 78.1 cm³/mol. The summed E-state index contributed by atoms with van der Waals surface area (Å²) in [5.41, 5.74) is 8.23. The van der Waals surface area contributed by atoms with Gasteiger partial charge in [0.25, 0.3) is 0 Å². The minimum atomic E-state index is 0.864. The molecule has 2 N–H and O–H groups in total. The Labute approximate surface area is 108 Å². The lowest BCUT2D eigenvalue weighted by Gasteiger charge is -2.34. The Morgan fingerprint density at radius 1 is 0.889 bits per heavy atom. The fraction of sp³-hybridized carbons (Fsp3) is 0.333. The van der Waals surface area contributed by atoms with Gasteiger partial charge in [-0.1, -0.05) is 24.3 Å². The monoisotopic (exact) mass is 241 g/mol. The summed E-state index contributed by atoms with van der Waals surface area (Å²) < 4.78 is 0. The number of nitrogens with zero attached hydrogens (tertiary/aromatic N) is 2. The van der Waals surface area contributed by atoms with E-state index in [1.165, 1.54) is 11.1 Å². The van der Waals surface area contributed by atoms with Crippen molar-refractivity contribution in [3.63, 3.8) is 0 Å². The third kappa shape index (κ3) is 1.91. The topological polar surface area (TPSA) is 32.5 Å². The molecule has 0 amide bonds. The second-order valence-corrected chi connectivity index (χ2v) is 5.01. The van der Waals surface area contributed by atoms with E-state index < -0.39 is 0 Å². The van der Waals surface area contributed by atoms with E-state index >= 15 is 0 Å². The van der Waals surface area contributed by atoms with Gasteiger partial charge in [-0.3, -0.25) is 0 Å². The summed E-state index contributed by atoms with van der Waals surface area (Å²) in [4.78, 5) is 4.83. The first-order valence-corrected chi connectivity index (χ1v) is 6.46. The van der Waals surface area contributed by atoms with E-state index in [1.54, 1.807) is 0 Å². The van der Waals surface area contributed by atoms with E-state index in [-0.39, 0.29) is 0 Å². The predicted octanol–water partition coefficient (Wildman–Crippen LogP) is 2.17. The van der Waals surface area contributed by atoms with Crippen LogP contribution in [-0.2, 0) is 0 Å². The average Bonchev–Trinajstić information content (AvgIpc) is 2.40. The maximum absolute atomic E-state index is 6.05. The Morgan fingerprint density at radius 3 is 2.33 bits per heavy atom. The van der Waals surface area contributed by atoms with Gasteiger partial charge in [-0.2, -0.15) is 0 Å². The fourth-order valence-electron chi connectivity index (χ4n) is 2.64. The summed E-state index contributed by atoms with van der Waals surface area (Å²) in [6, 6.07) is 12.6. The molecule has 1 fully saturated rings. The number of rotatable bonds is 1. The van der Waals surface area contributed by atoms with Crippen LogP contribution < -0.4 is 10.6 Å². The summed E-state index contributed by atoms with van der Waals surface area (Å²) in [6.07, 6.45) is 0. The molecular formula is C15H19N3. The van der Waals surface area contributed by atoms with Gasteiger partial charge >= 0.3 is 0 Å². The minimum Gasteiger partial charge on any atom is -0.398 e. The van der Waals surface area contributed by atoms with Crippen LogP contribution >= 0.6 is 0 Å². The molecule has 0 aromatic heterocycles. The molecule has 0 radical (unpaired) electrons. The molecule has 1 saturated heterocycles. The molecule has 1 heterocycles. The van der Waals surface area contributed by atoms with Crippen LogP contribution in [0.15, 0.2) is 36.4 Å². The van der Waals surface area contributed by atoms with Crippen molar-refractivity contribution in [1.29, 1.82) is 0 Å². The van der Waals surface area contributed by atoms with Crippen molar-refractivity contribution in [3.05, 3.63) is 36.4 Å². The molecule has 0 aliphatic carbocycles. The number of hydrogen-bond donors (Lipinski definition) is 1. The zero-order chi connectivity index (χ0) is 12.5. The van der Waals surface area contributed by atoms with Crippen molar-refractivity contribution in [2.45, 2.75) is 0 Å². The Kier molecular flexibility index (Phi) is 2.84. The SMILES string of the molecule is CN1CCN(c2cccc3c(N)cccc23)CC1. The molecule has 1 aliphatic rings. The van der Waals surface area contributed by atoms with Crippen LogP contribution in [0.2, 0.25) is 0 Å². The Bertz CT molecular complexity index is 557. The molecule has 94 valence electrons. The van der Waals surface area contributed by atoms with Crippen LogP contribution in [0.3, 0.4) is 0 Å². The van der Waals surface area contributed by atoms with Gasteiger partial charge in [0.05, 0.1) is 0 Å². The van der Waals surface area contributed by atoms with Crippen LogP contribution in [-0.4, -0.2) is 38.1 Å². The highest BCUT2D eigenvalue weighted by Crippen LogP contribution is 2.30. The van der Waals surface area contributed by atoms with Crippen LogP contribution in [0.4, 0.5) is 11.4 Å². The third-order valence-corrected chi connectivity index (χ3v) is 3.78. The highest BCUT2D eigenvalue weighted by Gasteiger charge is 2.16. The Balaban J connectivity index is 2.04. The first kappa shape index (κ1) is 11.4. The van der Waals surface area contributed by atoms with Gasteiger partial charge in [0, 0.05) is 48.3 Å². The third-order valence-electron chi connectivity index (χ3n) is 3.78. The summed E-state index contributed by atoms with van der Waals surface area (Å²) in [7, 11) is 2.18. The smallest absolute Gasteiger partial charge is 0.0447 e. The van der Waals surface area contributed by atoms with E-state index in [2.05, 4.69) is 41.1 Å². The summed E-state index contributed by atoms with van der Waals surface area (Å²) in [5.74, 6) is 0. The number of nitrogen functional groups attached to an aromatic ring is 1. The molecule has 0 spiro atoms. The first-order valence-electron chi connectivity index (χ1n) is 6.46. The zero-order valence-electron chi connectivity index (χ0n) is 10.8. The number of hydrogen-bond acceptors (Lipinski definition) is 3. The molecule has 0 bridgehead atoms. The molecule has 0 saturated carbocycles. The number of anilines is 2. The molecular weight excluding hydrogens is 222 g/mol. The Hall–Kier alpha value is -1.74. The molecule has 18 heavy (non-hydrogen) atoms. The van der Waals surface area contributed by atoms with Crippen molar-refractivity contribution in [1.82, 2.24) is 4.90 Å². The lowest BCUT2D eigenvalue weighted by atomic mass is 10.1. The highest BCUT2D eigenvalue weighted by molar-refractivity contribution is 6.00. The van der Waals surface area contributed by atoms with E-state index in [9.17, 15) is 0 Å². The van der Waals surface area contributed by atoms with Gasteiger partial charge in [0.2, 0.25) is 0 Å². The van der Waals surface area contributed by atoms with Crippen molar-refractivity contribution >= 4 is 22.1 Å². The lowest BCUT2D eigenvalue weighted by molar-refractivity contribution is 0.313. The number of likely N-dealkylation sites (N-methyl/N-ethyl adjacent to an activating group) is 1. The largest absolute Gasteiger partial charge is 0.398 e. The number of fused-ring (bicyclic) bond motifs is 1. The maximum atomic E-state index is 6.05. The van der Waals surface area contributed by atoms with Crippen LogP contribution in [0.1, 0.15) is 0 Å². The van der Waals surface area contributed by atoms with Gasteiger partial charge < -0.3 is 15.5 Å². The van der Waals surface area contributed by atoms with Gasteiger partial charge in [-0.25, -0.2) is 0 Å². The second kappa shape index (κ2) is 4.50. The van der Waals surface area contributed by atoms with E-state index in [1.807, 2.05) is 12.1 Å². The summed E-state index contributed by atoms with van der Waals surface area (Å²) in [5, 5.41) is 2.43. The van der Waals surface area contributed by atoms with Gasteiger partial charge in [0.1, 0.15) is 0 Å². The van der Waals surface area contributed by atoms with Crippen molar-refractivity contribution in [3.8, 4) is 0 Å². The maximum Gasteiger partial charge on any atom is 0.0447 e. The minimum absolute atomic E-state index is 0.864. The zero-order valence-corrected chi connectivity index (χ0v) is 10.8. The van der Waals surface area contributed by atoms with Gasteiger partial charge in [-0.15, -0.1) is 0 Å². The molecule has 3 nitrogen and oxygen atoms in total. The second-order valence-electron chi connectivity index (χ2n) is 5.01. The molecule has 3 rings (SSSR count). The fourth-order valence-corrected chi connectivity index (χ4v) is 2.64. The lowest BCUT2D eigenvalue weighted by Crippen LogP contribution is -2.44. The first-order chi connectivity index (χ1) is 8.75. The van der Waals surface area contributed by atoms with E-state index in [4.69, 9.17) is 5.73 Å². The van der Waals surface area contributed by atoms with Crippen LogP contribution in [0, 0.1) is 0 Å². The van der Waals surface area contributed by atoms with Crippen LogP contribution in [0.25, 0.3) is 10.8 Å². The number of piperazine rings is 1. The van der Waals surface area contributed by atoms with Crippen molar-refractivity contribution in [2.75, 3.05) is 43.9 Å². The molecule has 0 unspecified atom stereocenters. The highest BCUT2D eigenvalue weighted by atomic mass is 15.2. The molecule has 2 aromatic rings. The van der Waals surface area contributed by atoms with Gasteiger partial charge in [-0.05, 0) is 19.2 Å². The van der Waals surface area contributed by atoms with E-state index in [0.29, 0.717) is 0 Å². The number of nitrogens with two attached hydrogens (primary N) is 1. The molecule has 3 heteroatoms.